The topological polar surface area (TPSA) is 11.4 Å². The van der Waals surface area contributed by atoms with E-state index < -0.39 is 5.41 Å². The molecular weight excluding hydrogens is 1540 g/mol. The van der Waals surface area contributed by atoms with E-state index in [1.165, 1.54) is 217 Å². The fourth-order valence-electron chi connectivity index (χ4n) is 22.9. The van der Waals surface area contributed by atoms with Crippen molar-refractivity contribution in [2.24, 2.45) is 0 Å². The van der Waals surface area contributed by atoms with E-state index >= 15 is 0 Å². The minimum absolute atomic E-state index is 0.373. The van der Waals surface area contributed by atoms with Crippen LogP contribution in [0, 0.1) is 0 Å². The Balaban J connectivity index is 0.676. The van der Waals surface area contributed by atoms with Crippen LogP contribution in [0.3, 0.4) is 0 Å². The first kappa shape index (κ1) is 70.0. The average molecular weight is 1610 g/mol. The van der Waals surface area contributed by atoms with Gasteiger partial charge < -0.3 is 14.4 Å². The van der Waals surface area contributed by atoms with E-state index in [2.05, 4.69) is 436 Å². The molecule has 0 unspecified atom stereocenters. The maximum atomic E-state index is 2.70. The van der Waals surface area contributed by atoms with Gasteiger partial charge in [-0.1, -0.05) is 301 Å². The van der Waals surface area contributed by atoms with Crippen LogP contribution in [0.25, 0.3) is 178 Å². The van der Waals surface area contributed by atoms with Crippen LogP contribution < -0.4 is 9.80 Å². The molecule has 124 heavy (non-hydrogen) atoms. The molecule has 5 heteroatoms. The highest BCUT2D eigenvalue weighted by Gasteiger charge is 2.52. The van der Waals surface area contributed by atoms with Crippen molar-refractivity contribution in [1.29, 1.82) is 0 Å². The number of benzene rings is 20. The van der Waals surface area contributed by atoms with Crippen LogP contribution >= 0.6 is 22.7 Å². The molecule has 580 valence electrons. The minimum Gasteiger partial charge on any atom is -0.310 e. The fourth-order valence-corrected chi connectivity index (χ4v) is 25.5. The monoisotopic (exact) mass is 1610 g/mol. The lowest BCUT2D eigenvalue weighted by molar-refractivity contribution is 0.660. The van der Waals surface area contributed by atoms with E-state index in [9.17, 15) is 0 Å². The van der Waals surface area contributed by atoms with Crippen LogP contribution in [-0.4, -0.2) is 4.57 Å². The molecule has 0 radical (unpaired) electrons. The van der Waals surface area contributed by atoms with Crippen molar-refractivity contribution in [3.63, 3.8) is 0 Å². The van der Waals surface area contributed by atoms with Gasteiger partial charge in [0.15, 0.2) is 0 Å². The van der Waals surface area contributed by atoms with Gasteiger partial charge in [-0.3, -0.25) is 0 Å². The van der Waals surface area contributed by atoms with Crippen molar-refractivity contribution < 1.29 is 0 Å². The molecule has 0 saturated heterocycles. The second-order valence-corrected chi connectivity index (χ2v) is 37.8. The summed E-state index contributed by atoms with van der Waals surface area (Å²) in [6, 6.07) is 151. The molecule has 27 rings (SSSR count). The molecule has 0 aliphatic heterocycles. The molecule has 1 spiro atoms. The molecule has 0 fully saturated rings. The molecule has 0 bridgehead atoms. The summed E-state index contributed by atoms with van der Waals surface area (Å²) in [5.41, 5.74) is 34.8. The Kier molecular flexibility index (Phi) is 14.5. The standard InChI is InChI=1S/C119H77N3S2/c1-117(2)103-63-78(45-54-90(103)92-56-51-85(66-105(92)117)120(80-47-41-70-23-5-9-27-74(70)59-80)81-48-42-71-24-6-10-28-75(71)60-81)96-68-107-113(115-111(96)94-34-16-21-39-109(94)123-115)114-108(122(107)84-53-58-102-98(65-84)89-33-15-20-38-101(89)119(102)99-36-18-13-31-87(99)88-32-14-19-37-100(88)119)69-97(112-95-35-17-22-40-110(95)124-116(112)114)79-46-55-91-93-57-52-86(67-106(93)118(3,4)104(91)64-79)121(82-49-43-72-25-7-11-29-76(72)61-82)83-50-44-73-26-8-12-30-77(73)62-83/h5-69H,1-4H3. The second kappa shape index (κ2) is 25.7. The molecule has 3 aromatic heterocycles. The second-order valence-electron chi connectivity index (χ2n) is 35.7. The number of anilines is 6. The molecule has 0 atom stereocenters. The zero-order chi connectivity index (χ0) is 81.7. The molecule has 0 amide bonds. The van der Waals surface area contributed by atoms with Gasteiger partial charge >= 0.3 is 0 Å². The first-order valence-corrected chi connectivity index (χ1v) is 45.0. The van der Waals surface area contributed by atoms with Gasteiger partial charge in [-0.05, 0) is 276 Å². The number of thiophene rings is 2. The molecule has 4 aliphatic carbocycles. The molecule has 3 heterocycles. The Hall–Kier alpha value is -14.7. The molecular formula is C119H77N3S2. The summed E-state index contributed by atoms with van der Waals surface area (Å²) in [5, 5.41) is 17.5. The Morgan fingerprint density at radius 2 is 0.524 bits per heavy atom. The third kappa shape index (κ3) is 9.71. The van der Waals surface area contributed by atoms with Gasteiger partial charge in [-0.2, -0.15) is 0 Å². The van der Waals surface area contributed by atoms with Gasteiger partial charge in [-0.25, -0.2) is 0 Å². The summed E-state index contributed by atoms with van der Waals surface area (Å²) in [4.78, 5) is 4.93. The largest absolute Gasteiger partial charge is 0.310 e. The fraction of sp³-hybridized carbons (Fsp3) is 0.0588. The first-order valence-electron chi connectivity index (χ1n) is 43.3. The quantitative estimate of drug-likeness (QED) is 0.143. The van der Waals surface area contributed by atoms with Crippen LogP contribution in [0.15, 0.2) is 394 Å². The number of rotatable bonds is 9. The highest BCUT2D eigenvalue weighted by atomic mass is 32.1. The van der Waals surface area contributed by atoms with Crippen LogP contribution in [0.2, 0.25) is 0 Å². The Morgan fingerprint density at radius 1 is 0.218 bits per heavy atom. The van der Waals surface area contributed by atoms with Crippen LogP contribution in [0.4, 0.5) is 34.1 Å². The van der Waals surface area contributed by atoms with E-state index in [0.717, 1.165) is 39.8 Å². The van der Waals surface area contributed by atoms with E-state index in [0.29, 0.717) is 0 Å². The zero-order valence-electron chi connectivity index (χ0n) is 68.7. The van der Waals surface area contributed by atoms with Crippen molar-refractivity contribution in [3.05, 3.63) is 439 Å². The van der Waals surface area contributed by atoms with Crippen molar-refractivity contribution in [1.82, 2.24) is 4.57 Å². The molecule has 23 aromatic rings. The summed E-state index contributed by atoms with van der Waals surface area (Å²) in [6.07, 6.45) is 0. The van der Waals surface area contributed by atoms with Crippen LogP contribution in [0.5, 0.6) is 0 Å². The highest BCUT2D eigenvalue weighted by molar-refractivity contribution is 7.28. The zero-order valence-corrected chi connectivity index (χ0v) is 70.3. The molecule has 0 saturated carbocycles. The Bertz CT molecular complexity index is 8070. The van der Waals surface area contributed by atoms with Crippen molar-refractivity contribution >= 4 is 162 Å². The Labute approximate surface area is 726 Å². The number of nitrogens with zero attached hydrogens (tertiary/aromatic N) is 3. The van der Waals surface area contributed by atoms with Gasteiger partial charge in [0.25, 0.3) is 0 Å². The summed E-state index contributed by atoms with van der Waals surface area (Å²) in [6.45, 7) is 9.82. The lowest BCUT2D eigenvalue weighted by Gasteiger charge is -2.30. The predicted molar refractivity (Wildman–Crippen MR) is 528 cm³/mol. The number of fused-ring (bicyclic) bond motifs is 31. The van der Waals surface area contributed by atoms with Gasteiger partial charge in [0.05, 0.1) is 16.4 Å². The predicted octanol–water partition coefficient (Wildman–Crippen LogP) is 33.4. The maximum Gasteiger partial charge on any atom is 0.0725 e. The minimum atomic E-state index is -0.502. The molecule has 0 N–H and O–H groups in total. The van der Waals surface area contributed by atoms with E-state index in [-0.39, 0.29) is 10.8 Å². The maximum absolute atomic E-state index is 2.70. The van der Waals surface area contributed by atoms with Crippen molar-refractivity contribution in [3.8, 4) is 72.4 Å². The smallest absolute Gasteiger partial charge is 0.0725 e. The SMILES string of the molecule is CC1(C)c2cc(-c3cc4c(c5sc6ccccc6c35)c3c5sc6ccccc6c5c(-c5ccc6c(c5)C(C)(C)c5cc(N(c7ccc8ccccc8c7)c7ccc8ccccc8c7)ccc5-6)cc3n4-c3ccc4c(c3)-c3ccccc3C43c4ccccc4-c4ccccc43)ccc2-c2ccc(N(c3ccc4ccccc4c3)c3ccc4ccccc4c3)cc21. The van der Waals surface area contributed by atoms with E-state index in [1.54, 1.807) is 0 Å². The van der Waals surface area contributed by atoms with E-state index in [1.807, 2.05) is 22.7 Å². The summed E-state index contributed by atoms with van der Waals surface area (Å²) < 4.78 is 7.87. The molecule has 4 aliphatic rings. The van der Waals surface area contributed by atoms with Gasteiger partial charge in [0.1, 0.15) is 0 Å². The third-order valence-corrected chi connectivity index (χ3v) is 31.0. The number of hydrogen-bond acceptors (Lipinski definition) is 4. The lowest BCUT2D eigenvalue weighted by Crippen LogP contribution is -2.25. The molecule has 3 nitrogen and oxygen atoms in total. The first-order chi connectivity index (χ1) is 61.0. The van der Waals surface area contributed by atoms with Crippen molar-refractivity contribution in [2.45, 2.75) is 43.9 Å². The summed E-state index contributed by atoms with van der Waals surface area (Å²) in [5.74, 6) is 0. The van der Waals surface area contributed by atoms with Crippen molar-refractivity contribution in [2.75, 3.05) is 9.80 Å². The number of hydrogen-bond donors (Lipinski definition) is 0. The Morgan fingerprint density at radius 3 is 0.927 bits per heavy atom. The van der Waals surface area contributed by atoms with Crippen LogP contribution in [0.1, 0.15) is 72.2 Å². The van der Waals surface area contributed by atoms with E-state index in [4.69, 9.17) is 0 Å². The molecule has 20 aromatic carbocycles. The lowest BCUT2D eigenvalue weighted by atomic mass is 9.70. The van der Waals surface area contributed by atoms with Crippen LogP contribution in [-0.2, 0) is 16.2 Å². The number of aromatic nitrogens is 1. The normalized spacial score (nSPS) is 14.0. The van der Waals surface area contributed by atoms with Gasteiger partial charge in [0.2, 0.25) is 0 Å². The summed E-state index contributed by atoms with van der Waals surface area (Å²) >= 11 is 3.92. The average Bonchev–Trinajstić information content (AvgIpc) is 1.51. The van der Waals surface area contributed by atoms with Gasteiger partial charge in [-0.15, -0.1) is 22.7 Å². The highest BCUT2D eigenvalue weighted by Crippen LogP contribution is 2.65. The summed E-state index contributed by atoms with van der Waals surface area (Å²) in [7, 11) is 0. The van der Waals surface area contributed by atoms with Gasteiger partial charge in [0, 0.05) is 102 Å². The third-order valence-electron chi connectivity index (χ3n) is 28.7.